The summed E-state index contributed by atoms with van der Waals surface area (Å²) in [5.74, 6) is 0.755. The minimum Gasteiger partial charge on any atom is -0.467 e. The second kappa shape index (κ2) is 12.6. The van der Waals surface area contributed by atoms with Crippen molar-refractivity contribution in [1.82, 2.24) is 29.9 Å². The standard InChI is InChI=1S/C30H43N7O6/c1-18(2)15-37(20-12-19(23-34-27(39)43-35-23)16-36(17-20)28(40)42-30(6,7)8)25(38)22-14-32-26(29(3,4)5)33-24(22)31-13-21-10-9-11-41-21/h9-11,14,18-20H,12-13,15-17H2,1-8H3,(H,31,32,33)(H,34,35,39)/t19-,20-/m0/s1. The summed E-state index contributed by atoms with van der Waals surface area (Å²) in [6, 6.07) is 3.21. The molecular formula is C30H43N7O6. The number of nitrogens with one attached hydrogen (secondary N) is 2. The molecule has 0 spiro atoms. The molecule has 0 unspecified atom stereocenters. The lowest BCUT2D eigenvalue weighted by atomic mass is 9.91. The number of likely N-dealkylation sites (tertiary alicyclic amines) is 1. The molecule has 1 aliphatic heterocycles. The Morgan fingerprint density at radius 2 is 1.95 bits per heavy atom. The number of rotatable bonds is 8. The van der Waals surface area contributed by atoms with Gasteiger partial charge in [-0.2, -0.15) is 0 Å². The fraction of sp³-hybridized carbons (Fsp3) is 0.600. The van der Waals surface area contributed by atoms with E-state index in [1.807, 2.05) is 40.7 Å². The van der Waals surface area contributed by atoms with Crippen LogP contribution in [0.25, 0.3) is 0 Å². The third kappa shape index (κ3) is 8.23. The van der Waals surface area contributed by atoms with Gasteiger partial charge in [-0.25, -0.2) is 19.6 Å². The summed E-state index contributed by atoms with van der Waals surface area (Å²) in [5, 5.41) is 7.17. The molecule has 1 saturated heterocycles. The Kier molecular flexibility index (Phi) is 9.31. The lowest BCUT2D eigenvalue weighted by Gasteiger charge is -2.43. The Morgan fingerprint density at radius 3 is 2.53 bits per heavy atom. The smallest absolute Gasteiger partial charge is 0.438 e. The number of carbonyl (C=O) groups excluding carboxylic acids is 2. The number of anilines is 1. The van der Waals surface area contributed by atoms with Crippen LogP contribution in [0, 0.1) is 5.92 Å². The highest BCUT2D eigenvalue weighted by molar-refractivity contribution is 5.98. The van der Waals surface area contributed by atoms with Gasteiger partial charge in [-0.15, -0.1) is 0 Å². The van der Waals surface area contributed by atoms with Crippen LogP contribution in [-0.4, -0.2) is 73.2 Å². The van der Waals surface area contributed by atoms with Crippen molar-refractivity contribution in [2.75, 3.05) is 25.0 Å². The van der Waals surface area contributed by atoms with Gasteiger partial charge in [0.15, 0.2) is 5.82 Å². The molecule has 0 saturated carbocycles. The number of amides is 2. The summed E-state index contributed by atoms with van der Waals surface area (Å²) in [7, 11) is 0. The van der Waals surface area contributed by atoms with E-state index in [0.717, 1.165) is 0 Å². The molecule has 4 heterocycles. The highest BCUT2D eigenvalue weighted by Gasteiger charge is 2.40. The number of hydrogen-bond donors (Lipinski definition) is 2. The van der Waals surface area contributed by atoms with Crippen molar-refractivity contribution in [3.05, 3.63) is 58.1 Å². The maximum Gasteiger partial charge on any atom is 0.438 e. The molecule has 2 atom stereocenters. The van der Waals surface area contributed by atoms with Crippen LogP contribution in [0.5, 0.6) is 0 Å². The monoisotopic (exact) mass is 597 g/mol. The second-order valence-corrected chi connectivity index (χ2v) is 13.4. The average molecular weight is 598 g/mol. The predicted octanol–water partition coefficient (Wildman–Crippen LogP) is 4.55. The van der Waals surface area contributed by atoms with Gasteiger partial charge < -0.3 is 24.3 Å². The zero-order valence-corrected chi connectivity index (χ0v) is 26.3. The Bertz CT molecular complexity index is 1450. The van der Waals surface area contributed by atoms with Gasteiger partial charge in [0.05, 0.1) is 18.8 Å². The first-order chi connectivity index (χ1) is 20.1. The molecule has 4 rings (SSSR count). The molecule has 2 amide bonds. The number of ether oxygens (including phenoxy) is 1. The van der Waals surface area contributed by atoms with E-state index in [1.54, 1.807) is 49.1 Å². The number of carbonyl (C=O) groups is 2. The Labute approximate surface area is 251 Å². The summed E-state index contributed by atoms with van der Waals surface area (Å²) in [4.78, 5) is 54.7. The molecular weight excluding hydrogens is 554 g/mol. The Morgan fingerprint density at radius 1 is 1.21 bits per heavy atom. The number of piperidine rings is 1. The number of hydrogen-bond acceptors (Lipinski definition) is 10. The zero-order valence-electron chi connectivity index (χ0n) is 26.3. The van der Waals surface area contributed by atoms with Gasteiger partial charge in [0.2, 0.25) is 0 Å². The van der Waals surface area contributed by atoms with E-state index < -0.39 is 29.4 Å². The molecule has 0 radical (unpaired) electrons. The Balaban J connectivity index is 1.71. The van der Waals surface area contributed by atoms with Gasteiger partial charge in [-0.3, -0.25) is 14.3 Å². The topological polar surface area (TPSA) is 160 Å². The molecule has 3 aromatic heterocycles. The zero-order chi connectivity index (χ0) is 31.5. The van der Waals surface area contributed by atoms with Crippen LogP contribution in [0.15, 0.2) is 38.3 Å². The summed E-state index contributed by atoms with van der Waals surface area (Å²) in [5.41, 5.74) is -0.754. The molecule has 0 bridgehead atoms. The van der Waals surface area contributed by atoms with Crippen molar-refractivity contribution in [1.29, 1.82) is 0 Å². The number of nitrogens with zero attached hydrogens (tertiary/aromatic N) is 5. The van der Waals surface area contributed by atoms with Crippen molar-refractivity contribution in [2.24, 2.45) is 5.92 Å². The van der Waals surface area contributed by atoms with E-state index in [2.05, 4.69) is 20.4 Å². The van der Waals surface area contributed by atoms with Crippen LogP contribution < -0.4 is 11.1 Å². The number of aromatic nitrogens is 4. The highest BCUT2D eigenvalue weighted by Crippen LogP contribution is 2.31. The van der Waals surface area contributed by atoms with Gasteiger partial charge in [-0.05, 0) is 45.2 Å². The third-order valence-electron chi connectivity index (χ3n) is 6.89. The first-order valence-corrected chi connectivity index (χ1v) is 14.6. The van der Waals surface area contributed by atoms with Gasteiger partial charge in [0.25, 0.3) is 5.91 Å². The maximum absolute atomic E-state index is 14.4. The molecule has 0 aromatic carbocycles. The molecule has 0 aliphatic carbocycles. The molecule has 3 aromatic rings. The first-order valence-electron chi connectivity index (χ1n) is 14.6. The molecule has 234 valence electrons. The van der Waals surface area contributed by atoms with Gasteiger partial charge in [-0.1, -0.05) is 39.8 Å². The largest absolute Gasteiger partial charge is 0.467 e. The van der Waals surface area contributed by atoms with Crippen molar-refractivity contribution < 1.29 is 23.3 Å². The number of furan rings is 1. The fourth-order valence-electron chi connectivity index (χ4n) is 4.95. The number of aromatic amines is 1. The van der Waals surface area contributed by atoms with Crippen molar-refractivity contribution in [3.8, 4) is 0 Å². The quantitative estimate of drug-likeness (QED) is 0.377. The van der Waals surface area contributed by atoms with E-state index in [9.17, 15) is 14.4 Å². The summed E-state index contributed by atoms with van der Waals surface area (Å²) < 4.78 is 15.9. The summed E-state index contributed by atoms with van der Waals surface area (Å²) in [6.45, 7) is 16.7. The van der Waals surface area contributed by atoms with Gasteiger partial charge in [0, 0.05) is 37.2 Å². The molecule has 1 fully saturated rings. The maximum atomic E-state index is 14.4. The van der Waals surface area contributed by atoms with Crippen LogP contribution in [0.2, 0.25) is 0 Å². The van der Waals surface area contributed by atoms with E-state index in [4.69, 9.17) is 18.7 Å². The van der Waals surface area contributed by atoms with Crippen molar-refractivity contribution in [2.45, 2.75) is 91.3 Å². The molecule has 2 N–H and O–H groups in total. The average Bonchev–Trinajstić information content (AvgIpc) is 3.60. The van der Waals surface area contributed by atoms with E-state index in [1.165, 1.54) is 0 Å². The van der Waals surface area contributed by atoms with Crippen molar-refractivity contribution >= 4 is 17.8 Å². The van der Waals surface area contributed by atoms with Crippen molar-refractivity contribution in [3.63, 3.8) is 0 Å². The van der Waals surface area contributed by atoms with Crippen LogP contribution >= 0.6 is 0 Å². The summed E-state index contributed by atoms with van der Waals surface area (Å²) >= 11 is 0. The van der Waals surface area contributed by atoms with Gasteiger partial charge in [0.1, 0.15) is 28.6 Å². The van der Waals surface area contributed by atoms with Crippen LogP contribution in [0.4, 0.5) is 10.6 Å². The predicted molar refractivity (Wildman–Crippen MR) is 159 cm³/mol. The molecule has 13 nitrogen and oxygen atoms in total. The SMILES string of the molecule is CC(C)CN(C(=O)c1cnc(C(C)(C)C)nc1NCc1ccco1)[C@H]1C[C@H](c2noc(=O)[nH]2)CN(C(=O)OC(C)(C)C)C1. The van der Waals surface area contributed by atoms with E-state index in [0.29, 0.717) is 48.3 Å². The molecule has 43 heavy (non-hydrogen) atoms. The second-order valence-electron chi connectivity index (χ2n) is 13.4. The fourth-order valence-corrected chi connectivity index (χ4v) is 4.95. The molecule has 1 aliphatic rings. The normalized spacial score (nSPS) is 17.7. The first kappa shape index (κ1) is 31.8. The minimum absolute atomic E-state index is 0.112. The molecule has 13 heteroatoms. The third-order valence-corrected chi connectivity index (χ3v) is 6.89. The van der Waals surface area contributed by atoms with E-state index in [-0.39, 0.29) is 30.3 Å². The highest BCUT2D eigenvalue weighted by atomic mass is 16.6. The lowest BCUT2D eigenvalue weighted by molar-refractivity contribution is 0.00594. The van der Waals surface area contributed by atoms with Gasteiger partial charge >= 0.3 is 11.8 Å². The summed E-state index contributed by atoms with van der Waals surface area (Å²) in [6.07, 6.45) is 3.08. The lowest BCUT2D eigenvalue weighted by Crippen LogP contribution is -2.55. The van der Waals surface area contributed by atoms with Crippen LogP contribution in [-0.2, 0) is 16.7 Å². The van der Waals surface area contributed by atoms with Crippen LogP contribution in [0.3, 0.4) is 0 Å². The number of H-pyrrole nitrogens is 1. The minimum atomic E-state index is -0.712. The Hall–Kier alpha value is -4.16. The van der Waals surface area contributed by atoms with E-state index >= 15 is 0 Å². The van der Waals surface area contributed by atoms with Crippen LogP contribution in [0.1, 0.15) is 95.5 Å².